The number of aliphatic hydroxyl groups excluding tert-OH is 1. The third-order valence-electron chi connectivity index (χ3n) is 0. The minimum absolute atomic E-state index is 1.00. The summed E-state index contributed by atoms with van der Waals surface area (Å²) in [7, 11) is 25.9. The van der Waals surface area contributed by atoms with E-state index in [-0.39, 0.29) is 0 Å². The van der Waals surface area contributed by atoms with Crippen molar-refractivity contribution in [2.75, 3.05) is 7.11 Å². The third-order valence-corrected chi connectivity index (χ3v) is 0. The van der Waals surface area contributed by atoms with Crippen LogP contribution in [0.15, 0.2) is 0 Å². The van der Waals surface area contributed by atoms with Crippen molar-refractivity contribution < 1.29 is 12.4 Å². The van der Waals surface area contributed by atoms with Crippen LogP contribution in [0.1, 0.15) is 0 Å². The van der Waals surface area contributed by atoms with Crippen molar-refractivity contribution in [3.63, 3.8) is 0 Å². The molecule has 8 heteroatoms. The molecule has 0 unspecified atom stereocenters. The third kappa shape index (κ3) is 128. The van der Waals surface area contributed by atoms with Crippen molar-refractivity contribution in [2.24, 2.45) is 0 Å². The van der Waals surface area contributed by atoms with Gasteiger partial charge in [-0.2, -0.15) is 0 Å². The van der Waals surface area contributed by atoms with Gasteiger partial charge in [-0.25, -0.2) is 0 Å². The molecule has 0 aromatic heterocycles. The molecule has 0 fully saturated rings. The summed E-state index contributed by atoms with van der Waals surface area (Å²) in [5, 5.41) is 7.00. The van der Waals surface area contributed by atoms with Gasteiger partial charge in [-0.05, 0) is 0 Å². The van der Waals surface area contributed by atoms with Crippen molar-refractivity contribution in [3.05, 3.63) is 0 Å². The van der Waals surface area contributed by atoms with Crippen LogP contribution in [0.5, 0.6) is 0 Å². The molecule has 0 atom stereocenters. The molecule has 0 saturated heterocycles. The van der Waals surface area contributed by atoms with Crippen LogP contribution in [-0.2, 0) is 7.31 Å². The van der Waals surface area contributed by atoms with E-state index in [9.17, 15) is 0 Å². The summed E-state index contributed by atoms with van der Waals surface area (Å²) < 4.78 is 0. The van der Waals surface area contributed by atoms with E-state index >= 15 is 0 Å². The van der Waals surface area contributed by atoms with Crippen molar-refractivity contribution in [2.45, 2.75) is 0 Å². The molecule has 0 aliphatic carbocycles. The molecule has 0 heterocycles. The predicted octanol–water partition coefficient (Wildman–Crippen LogP) is 3.74. The molecule has 0 bridgehead atoms. The number of aliphatic hydroxyl groups is 1. The van der Waals surface area contributed by atoms with Gasteiger partial charge in [0.15, 0.2) is 0 Å². The van der Waals surface area contributed by atoms with Crippen molar-refractivity contribution in [1.82, 2.24) is 0 Å². The standard InChI is InChI=1S/CH4O.6ClH.W/c1-2;;;;;;;/h2H,1H3;6*1H;/q;;;;;;;+6/p-6. The van der Waals surface area contributed by atoms with Gasteiger partial charge in [0, 0.05) is 7.11 Å². The molecule has 62 valence electrons. The maximum atomic E-state index is 7.00. The average Bonchev–Trinajstić information content (AvgIpc) is 1.30. The molecular weight excluding hydrogens is 425 g/mol. The molecule has 0 aromatic rings. The molecule has 0 aliphatic heterocycles. The van der Waals surface area contributed by atoms with E-state index in [2.05, 4.69) is 0 Å². The summed E-state index contributed by atoms with van der Waals surface area (Å²) in [4.78, 5) is 0. The quantitative estimate of drug-likeness (QED) is 0.623. The molecular formula is CH4Cl6OW. The fourth-order valence-electron chi connectivity index (χ4n) is 0. The summed E-state index contributed by atoms with van der Waals surface area (Å²) >= 11 is 0. The predicted molar refractivity (Wildman–Crippen MR) is 43.3 cm³/mol. The monoisotopic (exact) mass is 426 g/mol. The van der Waals surface area contributed by atoms with E-state index in [1.165, 1.54) is 0 Å². The Bertz CT molecular complexity index is 71.6. The van der Waals surface area contributed by atoms with Gasteiger partial charge in [0.05, 0.1) is 0 Å². The molecule has 1 nitrogen and oxygen atoms in total. The Balaban J connectivity index is 0. The second kappa shape index (κ2) is 3.03. The van der Waals surface area contributed by atoms with E-state index in [1.54, 1.807) is 0 Å². The van der Waals surface area contributed by atoms with Gasteiger partial charge in [-0.15, -0.1) is 0 Å². The molecule has 0 amide bonds. The number of rotatable bonds is 0. The number of halogens is 6. The van der Waals surface area contributed by atoms with Crippen LogP contribution in [0, 0.1) is 0 Å². The van der Waals surface area contributed by atoms with Crippen LogP contribution < -0.4 is 0 Å². The second-order valence-electron chi connectivity index (χ2n) is 0.875. The topological polar surface area (TPSA) is 20.2 Å². The Morgan fingerprint density at radius 3 is 0.778 bits per heavy atom. The molecule has 0 aliphatic rings. The number of hydrogen-bond donors (Lipinski definition) is 1. The average molecular weight is 429 g/mol. The zero-order valence-corrected chi connectivity index (χ0v) is 11.6. The first-order valence-electron chi connectivity index (χ1n) is 1.37. The summed E-state index contributed by atoms with van der Waals surface area (Å²) in [6.07, 6.45) is 0. The zero-order valence-electron chi connectivity index (χ0n) is 4.12. The Kier molecular flexibility index (Phi) is 4.69. The van der Waals surface area contributed by atoms with Gasteiger partial charge < -0.3 is 5.11 Å². The summed E-state index contributed by atoms with van der Waals surface area (Å²) in [6.45, 7) is 0. The van der Waals surface area contributed by atoms with Gasteiger partial charge in [0.2, 0.25) is 0 Å². The van der Waals surface area contributed by atoms with Gasteiger partial charge in [-0.1, -0.05) is 0 Å². The fourth-order valence-corrected chi connectivity index (χ4v) is 0. The molecule has 1 N–H and O–H groups in total. The Labute approximate surface area is 75.2 Å². The van der Waals surface area contributed by atoms with E-state index in [1.807, 2.05) is 0 Å². The van der Waals surface area contributed by atoms with Crippen LogP contribution in [0.2, 0.25) is 0 Å². The first-order valence-corrected chi connectivity index (χ1v) is 23.2. The van der Waals surface area contributed by atoms with Gasteiger partial charge in [0.25, 0.3) is 0 Å². The van der Waals surface area contributed by atoms with Crippen molar-refractivity contribution in [1.29, 1.82) is 0 Å². The Morgan fingerprint density at radius 1 is 0.778 bits per heavy atom. The van der Waals surface area contributed by atoms with Crippen molar-refractivity contribution >= 4 is 56.5 Å². The van der Waals surface area contributed by atoms with Gasteiger partial charge in [-0.3, -0.25) is 0 Å². The molecule has 0 radical (unpaired) electrons. The SMILES string of the molecule is CO.[Cl][W]([Cl])([Cl])([Cl])([Cl])[Cl]. The van der Waals surface area contributed by atoms with Gasteiger partial charge in [0.1, 0.15) is 0 Å². The molecule has 0 saturated carbocycles. The Hall–Kier alpha value is 2.39. The van der Waals surface area contributed by atoms with E-state index in [0.29, 0.717) is 0 Å². The summed E-state index contributed by atoms with van der Waals surface area (Å²) in [6, 6.07) is 0. The van der Waals surface area contributed by atoms with Crippen LogP contribution in [0.25, 0.3) is 0 Å². The summed E-state index contributed by atoms with van der Waals surface area (Å²) in [5.41, 5.74) is 0. The van der Waals surface area contributed by atoms with Crippen molar-refractivity contribution in [3.8, 4) is 0 Å². The summed E-state index contributed by atoms with van der Waals surface area (Å²) in [5.74, 6) is 0. The van der Waals surface area contributed by atoms with Gasteiger partial charge >= 0.3 is 63.8 Å². The maximum absolute atomic E-state index is 7.00. The first-order chi connectivity index (χ1) is 3.45. The van der Waals surface area contributed by atoms with Crippen LogP contribution >= 0.6 is 56.5 Å². The second-order valence-corrected chi connectivity index (χ2v) is 64.4. The van der Waals surface area contributed by atoms with Crippen LogP contribution in [0.3, 0.4) is 0 Å². The fraction of sp³-hybridized carbons (Fsp3) is 1.00. The normalized spacial score (nSPS) is 18.7. The molecule has 9 heavy (non-hydrogen) atoms. The first kappa shape index (κ1) is 13.9. The zero-order chi connectivity index (χ0) is 8.41. The molecule has 0 spiro atoms. The van der Waals surface area contributed by atoms with E-state index < -0.39 is 7.31 Å². The van der Waals surface area contributed by atoms with Crippen LogP contribution in [0.4, 0.5) is 0 Å². The minimum atomic E-state index is -5.47. The van der Waals surface area contributed by atoms with Crippen LogP contribution in [-0.4, -0.2) is 12.2 Å². The Morgan fingerprint density at radius 2 is 0.778 bits per heavy atom. The van der Waals surface area contributed by atoms with E-state index in [0.717, 1.165) is 7.11 Å². The molecule has 0 aromatic carbocycles. The molecule has 0 rings (SSSR count). The number of hydrogen-bond acceptors (Lipinski definition) is 1. The van der Waals surface area contributed by atoms with E-state index in [4.69, 9.17) is 61.6 Å².